The smallest absolute Gasteiger partial charge is 0.414 e. The lowest BCUT2D eigenvalue weighted by Gasteiger charge is -2.20. The average Bonchev–Trinajstić information content (AvgIpc) is 2.83. The van der Waals surface area contributed by atoms with Gasteiger partial charge in [0.15, 0.2) is 22.5 Å². The summed E-state index contributed by atoms with van der Waals surface area (Å²) in [4.78, 5) is 36.9. The third-order valence-corrected chi connectivity index (χ3v) is 4.97. The van der Waals surface area contributed by atoms with E-state index in [2.05, 4.69) is 25.6 Å². The van der Waals surface area contributed by atoms with Crippen molar-refractivity contribution in [3.63, 3.8) is 0 Å². The third kappa shape index (κ3) is 10.7. The number of anilines is 2. The van der Waals surface area contributed by atoms with E-state index in [1.807, 2.05) is 12.1 Å². The number of guanidine groups is 1. The molecular weight excluding hydrogens is 518 g/mol. The van der Waals surface area contributed by atoms with Gasteiger partial charge in [0.25, 0.3) is 5.91 Å². The highest BCUT2D eigenvalue weighted by Crippen LogP contribution is 2.17. The number of nitrogens with two attached hydrogens (primary N) is 2. The fourth-order valence-electron chi connectivity index (χ4n) is 2.92. The van der Waals surface area contributed by atoms with Gasteiger partial charge in [-0.05, 0) is 57.7 Å². The number of alkyl carbamates (subject to hydrolysis) is 1. The maximum absolute atomic E-state index is 12.7. The number of nitrogens with one attached hydrogen (secondary N) is 2. The first-order chi connectivity index (χ1) is 17.9. The number of rotatable bonds is 10. The summed E-state index contributed by atoms with van der Waals surface area (Å²) < 4.78 is 10.6. The Morgan fingerprint density at radius 1 is 1.11 bits per heavy atom. The number of unbranched alkanes of at least 4 members (excludes halogenated alkanes) is 1. The molecule has 2 amide bonds. The number of aliphatic imine (C=N–C) groups is 1. The van der Waals surface area contributed by atoms with E-state index in [1.165, 1.54) is 0 Å². The van der Waals surface area contributed by atoms with E-state index in [1.54, 1.807) is 32.9 Å². The Balaban J connectivity index is 1.97. The van der Waals surface area contributed by atoms with Gasteiger partial charge in [0.05, 0.1) is 6.61 Å². The summed E-state index contributed by atoms with van der Waals surface area (Å²) in [5.41, 5.74) is 11.3. The Labute approximate surface area is 225 Å². The molecule has 38 heavy (non-hydrogen) atoms. The molecule has 0 aliphatic rings. The quantitative estimate of drug-likeness (QED) is 0.143. The van der Waals surface area contributed by atoms with Gasteiger partial charge in [0, 0.05) is 6.54 Å². The molecule has 1 aromatic carbocycles. The van der Waals surface area contributed by atoms with Crippen molar-refractivity contribution in [1.29, 1.82) is 0 Å². The van der Waals surface area contributed by atoms with Crippen LogP contribution in [0.1, 0.15) is 49.7 Å². The van der Waals surface area contributed by atoms with Gasteiger partial charge in [0.2, 0.25) is 5.96 Å². The third-order valence-electron chi connectivity index (χ3n) is 4.69. The van der Waals surface area contributed by atoms with Crippen LogP contribution in [0.3, 0.4) is 0 Å². The van der Waals surface area contributed by atoms with Crippen LogP contribution in [0.25, 0.3) is 0 Å². The zero-order chi connectivity index (χ0) is 28.3. The molecule has 8 N–H and O–H groups in total. The van der Waals surface area contributed by atoms with Gasteiger partial charge < -0.3 is 31.2 Å². The highest BCUT2D eigenvalue weighted by molar-refractivity contribution is 6.31. The number of aliphatic hydroxyl groups excluding tert-OH is 2. The molecule has 1 heterocycles. The summed E-state index contributed by atoms with van der Waals surface area (Å²) in [5, 5.41) is 22.9. The van der Waals surface area contributed by atoms with E-state index < -0.39 is 23.7 Å². The molecule has 0 radical (unpaired) electrons. The molecule has 208 valence electrons. The van der Waals surface area contributed by atoms with Gasteiger partial charge in [-0.1, -0.05) is 23.7 Å². The van der Waals surface area contributed by atoms with Crippen LogP contribution in [-0.4, -0.2) is 69.6 Å². The van der Waals surface area contributed by atoms with E-state index >= 15 is 0 Å². The zero-order valence-corrected chi connectivity index (χ0v) is 22.3. The molecule has 0 saturated carbocycles. The maximum atomic E-state index is 12.7. The number of aryl methyl sites for hydroxylation is 1. The summed E-state index contributed by atoms with van der Waals surface area (Å²) in [6, 6.07) is 7.38. The van der Waals surface area contributed by atoms with Gasteiger partial charge >= 0.3 is 6.09 Å². The van der Waals surface area contributed by atoms with Gasteiger partial charge in [-0.2, -0.15) is 0 Å². The summed E-state index contributed by atoms with van der Waals surface area (Å²) in [6.07, 6.45) is 0.439. The van der Waals surface area contributed by atoms with Crippen LogP contribution in [-0.2, 0) is 11.2 Å². The summed E-state index contributed by atoms with van der Waals surface area (Å²) in [6.45, 7) is 5.03. The standard InChI is InChI=1S/C24H34ClN7O6/c1-24(2,3)38-23(36)32-22(31-21(35)17-19(26)30-20(27)18(25)29-17)28-11-5-4-6-14-7-9-16(10-8-14)37-13-15(34)12-33/h7-10,15,33-34H,4-6,11-13H2,1-3H3,(H4,26,27,30)(H2,28,31,32,35,36). The first-order valence-corrected chi connectivity index (χ1v) is 12.2. The lowest BCUT2D eigenvalue weighted by molar-refractivity contribution is 0.0536. The number of halogens is 1. The molecule has 13 nitrogen and oxygen atoms in total. The molecule has 0 bridgehead atoms. The van der Waals surface area contributed by atoms with Crippen molar-refractivity contribution in [3.05, 3.63) is 40.7 Å². The predicted octanol–water partition coefficient (Wildman–Crippen LogP) is 1.66. The second-order valence-electron chi connectivity index (χ2n) is 9.19. The Hall–Kier alpha value is -3.68. The highest BCUT2D eigenvalue weighted by atomic mass is 35.5. The summed E-state index contributed by atoms with van der Waals surface area (Å²) in [7, 11) is 0. The van der Waals surface area contributed by atoms with Crippen molar-refractivity contribution in [1.82, 2.24) is 20.6 Å². The molecule has 2 aromatic rings. The van der Waals surface area contributed by atoms with E-state index in [0.717, 1.165) is 18.4 Å². The largest absolute Gasteiger partial charge is 0.491 e. The topological polar surface area (TPSA) is 207 Å². The van der Waals surface area contributed by atoms with Crippen LogP contribution in [0.15, 0.2) is 29.3 Å². The molecule has 0 spiro atoms. The van der Waals surface area contributed by atoms with Crippen LogP contribution in [0, 0.1) is 0 Å². The number of nitrogen functional groups attached to an aromatic ring is 2. The number of ether oxygens (including phenoxy) is 2. The monoisotopic (exact) mass is 551 g/mol. The normalized spacial score (nSPS) is 12.5. The van der Waals surface area contributed by atoms with Crippen molar-refractivity contribution in [3.8, 4) is 5.75 Å². The number of hydrogen-bond donors (Lipinski definition) is 6. The van der Waals surface area contributed by atoms with Crippen molar-refractivity contribution in [2.75, 3.05) is 31.2 Å². The predicted molar refractivity (Wildman–Crippen MR) is 143 cm³/mol. The van der Waals surface area contributed by atoms with Crippen molar-refractivity contribution in [2.24, 2.45) is 4.99 Å². The summed E-state index contributed by atoms with van der Waals surface area (Å²) >= 11 is 5.85. The lowest BCUT2D eigenvalue weighted by Crippen LogP contribution is -2.46. The van der Waals surface area contributed by atoms with Crippen LogP contribution >= 0.6 is 11.6 Å². The number of nitrogens with zero attached hydrogens (tertiary/aromatic N) is 3. The number of amides is 2. The Bertz CT molecular complexity index is 1120. The number of aliphatic hydroxyl groups is 2. The van der Waals surface area contributed by atoms with E-state index in [0.29, 0.717) is 12.2 Å². The Morgan fingerprint density at radius 2 is 1.79 bits per heavy atom. The molecule has 1 atom stereocenters. The molecule has 14 heteroatoms. The molecule has 0 saturated heterocycles. The van der Waals surface area contributed by atoms with E-state index in [9.17, 15) is 14.7 Å². The Morgan fingerprint density at radius 3 is 2.42 bits per heavy atom. The number of benzene rings is 1. The number of carbonyl (C=O) groups excluding carboxylic acids is 2. The van der Waals surface area contributed by atoms with E-state index in [4.69, 9.17) is 37.6 Å². The molecule has 1 aromatic heterocycles. The second kappa shape index (κ2) is 14.3. The number of hydrogen-bond acceptors (Lipinski definition) is 11. The van der Waals surface area contributed by atoms with Crippen LogP contribution in [0.4, 0.5) is 16.4 Å². The molecule has 1 unspecified atom stereocenters. The fraction of sp³-hybridized carbons (Fsp3) is 0.458. The molecular formula is C24H34ClN7O6. The molecule has 0 aliphatic heterocycles. The van der Waals surface area contributed by atoms with Crippen molar-refractivity contribution >= 4 is 41.2 Å². The van der Waals surface area contributed by atoms with Gasteiger partial charge in [-0.25, -0.2) is 14.8 Å². The summed E-state index contributed by atoms with van der Waals surface area (Å²) in [5.74, 6) is -0.705. The van der Waals surface area contributed by atoms with Crippen molar-refractivity contribution in [2.45, 2.75) is 51.7 Å². The minimum Gasteiger partial charge on any atom is -0.491 e. The van der Waals surface area contributed by atoms with Crippen LogP contribution < -0.4 is 26.8 Å². The van der Waals surface area contributed by atoms with Gasteiger partial charge in [-0.15, -0.1) is 0 Å². The average molecular weight is 552 g/mol. The number of aromatic nitrogens is 2. The van der Waals surface area contributed by atoms with Crippen LogP contribution in [0.2, 0.25) is 5.15 Å². The molecule has 2 rings (SSSR count). The second-order valence-corrected chi connectivity index (χ2v) is 9.55. The first kappa shape index (κ1) is 30.5. The zero-order valence-electron chi connectivity index (χ0n) is 21.5. The van der Waals surface area contributed by atoms with Gasteiger partial charge in [0.1, 0.15) is 24.1 Å². The Kier molecular flexibility index (Phi) is 11.5. The SMILES string of the molecule is CC(C)(C)OC(=O)NC(=NCCCCc1ccc(OCC(O)CO)cc1)NC(=O)c1nc(Cl)c(N)nc1N. The molecule has 0 aliphatic carbocycles. The van der Waals surface area contributed by atoms with Crippen molar-refractivity contribution < 1.29 is 29.3 Å². The maximum Gasteiger partial charge on any atom is 0.414 e. The lowest BCUT2D eigenvalue weighted by atomic mass is 10.1. The fourth-order valence-corrected chi connectivity index (χ4v) is 3.04. The minimum atomic E-state index is -0.927. The minimum absolute atomic E-state index is 0.00852. The highest BCUT2D eigenvalue weighted by Gasteiger charge is 2.21. The first-order valence-electron chi connectivity index (χ1n) is 11.8. The van der Waals surface area contributed by atoms with Crippen LogP contribution in [0.5, 0.6) is 5.75 Å². The van der Waals surface area contributed by atoms with Gasteiger partial charge in [-0.3, -0.25) is 20.4 Å². The molecule has 0 fully saturated rings. The number of carbonyl (C=O) groups is 2. The van der Waals surface area contributed by atoms with E-state index in [-0.39, 0.29) is 48.2 Å².